The number of carbonyl (C=O) groups is 4. The molecule has 1 saturated carbocycles. The number of hydrogen-bond donors (Lipinski definition) is 3. The summed E-state index contributed by atoms with van der Waals surface area (Å²) >= 11 is 1.46. The minimum absolute atomic E-state index is 0.124. The molecule has 0 aromatic carbocycles. The first-order valence-corrected chi connectivity index (χ1v) is 11.7. The minimum atomic E-state index is -0.929. The summed E-state index contributed by atoms with van der Waals surface area (Å²) < 4.78 is 0. The van der Waals surface area contributed by atoms with E-state index in [9.17, 15) is 19.2 Å². The van der Waals surface area contributed by atoms with Crippen molar-refractivity contribution in [3.63, 3.8) is 0 Å². The second-order valence-electron chi connectivity index (χ2n) is 10.2. The molecular weight excluding hydrogens is 416 g/mol. The SMILES string of the molecule is CC(C)(C)[C@H]1CCc2sc(C(=O)NNC(=O)CN3C(=O)N[C@](C)(C4CC4)C3=O)cc2C1. The first-order valence-electron chi connectivity index (χ1n) is 10.8. The lowest BCUT2D eigenvalue weighted by atomic mass is 9.72. The van der Waals surface area contributed by atoms with Crippen LogP contribution in [0.2, 0.25) is 0 Å². The van der Waals surface area contributed by atoms with Gasteiger partial charge in [0.1, 0.15) is 12.1 Å². The van der Waals surface area contributed by atoms with E-state index >= 15 is 0 Å². The number of fused-ring (bicyclic) bond motifs is 1. The average Bonchev–Trinajstić information content (AvgIpc) is 3.43. The van der Waals surface area contributed by atoms with Crippen LogP contribution in [0.3, 0.4) is 0 Å². The topological polar surface area (TPSA) is 108 Å². The lowest BCUT2D eigenvalue weighted by molar-refractivity contribution is -0.135. The van der Waals surface area contributed by atoms with Crippen LogP contribution >= 0.6 is 11.3 Å². The van der Waals surface area contributed by atoms with Crippen molar-refractivity contribution in [2.45, 2.75) is 65.3 Å². The van der Waals surface area contributed by atoms with Crippen molar-refractivity contribution in [1.29, 1.82) is 0 Å². The Morgan fingerprint density at radius 1 is 1.23 bits per heavy atom. The van der Waals surface area contributed by atoms with Gasteiger partial charge in [-0.05, 0) is 67.9 Å². The molecule has 1 saturated heterocycles. The van der Waals surface area contributed by atoms with Crippen LogP contribution in [0.5, 0.6) is 0 Å². The molecule has 0 unspecified atom stereocenters. The maximum Gasteiger partial charge on any atom is 0.325 e. The number of thiophene rings is 1. The number of carbonyl (C=O) groups excluding carboxylic acids is 4. The number of aryl methyl sites for hydroxylation is 1. The molecule has 2 heterocycles. The highest BCUT2D eigenvalue weighted by Crippen LogP contribution is 2.42. The van der Waals surface area contributed by atoms with Crippen LogP contribution in [-0.4, -0.2) is 40.7 Å². The minimum Gasteiger partial charge on any atom is -0.323 e. The second kappa shape index (κ2) is 7.62. The highest BCUT2D eigenvalue weighted by atomic mass is 32.1. The zero-order valence-electron chi connectivity index (χ0n) is 18.5. The van der Waals surface area contributed by atoms with Gasteiger partial charge in [0.15, 0.2) is 0 Å². The molecule has 2 fully saturated rings. The predicted octanol–water partition coefficient (Wildman–Crippen LogP) is 2.38. The third-order valence-corrected chi connectivity index (χ3v) is 8.08. The molecule has 0 spiro atoms. The number of hydrogen-bond acceptors (Lipinski definition) is 5. The molecular formula is C22H30N4O4S. The second-order valence-corrected chi connectivity index (χ2v) is 11.3. The van der Waals surface area contributed by atoms with Gasteiger partial charge in [0.2, 0.25) is 0 Å². The van der Waals surface area contributed by atoms with Gasteiger partial charge in [0.05, 0.1) is 4.88 Å². The van der Waals surface area contributed by atoms with Crippen molar-refractivity contribution >= 4 is 35.1 Å². The van der Waals surface area contributed by atoms with Crippen molar-refractivity contribution in [3.8, 4) is 0 Å². The smallest absolute Gasteiger partial charge is 0.323 e. The summed E-state index contributed by atoms with van der Waals surface area (Å²) in [6, 6.07) is 1.35. The van der Waals surface area contributed by atoms with Crippen molar-refractivity contribution in [2.24, 2.45) is 17.3 Å². The molecule has 9 heteroatoms. The normalized spacial score (nSPS) is 25.8. The van der Waals surface area contributed by atoms with Gasteiger partial charge in [0, 0.05) is 4.88 Å². The Morgan fingerprint density at radius 3 is 2.58 bits per heavy atom. The highest BCUT2D eigenvalue weighted by Gasteiger charge is 2.56. The van der Waals surface area contributed by atoms with Crippen LogP contribution in [0.1, 0.15) is 67.1 Å². The number of urea groups is 1. The summed E-state index contributed by atoms with van der Waals surface area (Å²) in [5.41, 5.74) is 5.25. The van der Waals surface area contributed by atoms with Crippen molar-refractivity contribution < 1.29 is 19.2 Å². The number of amides is 5. The Morgan fingerprint density at radius 2 is 1.94 bits per heavy atom. The fourth-order valence-corrected chi connectivity index (χ4v) is 5.65. The van der Waals surface area contributed by atoms with E-state index in [1.54, 1.807) is 6.92 Å². The molecule has 31 heavy (non-hydrogen) atoms. The fraction of sp³-hybridized carbons (Fsp3) is 0.636. The maximum atomic E-state index is 12.6. The molecule has 4 rings (SSSR count). The molecule has 1 aliphatic heterocycles. The van der Waals surface area contributed by atoms with Gasteiger partial charge in [-0.1, -0.05) is 20.8 Å². The van der Waals surface area contributed by atoms with E-state index in [4.69, 9.17) is 0 Å². The van der Waals surface area contributed by atoms with Gasteiger partial charge in [0.25, 0.3) is 17.7 Å². The van der Waals surface area contributed by atoms with E-state index in [1.165, 1.54) is 21.8 Å². The van der Waals surface area contributed by atoms with E-state index in [0.717, 1.165) is 37.0 Å². The van der Waals surface area contributed by atoms with Crippen LogP contribution in [-0.2, 0) is 22.4 Å². The van der Waals surface area contributed by atoms with E-state index in [1.807, 2.05) is 6.07 Å². The number of imide groups is 1. The molecule has 5 amide bonds. The Labute approximate surface area is 186 Å². The van der Waals surface area contributed by atoms with E-state index in [2.05, 4.69) is 36.9 Å². The largest absolute Gasteiger partial charge is 0.325 e. The van der Waals surface area contributed by atoms with Gasteiger partial charge in [-0.2, -0.15) is 0 Å². The molecule has 2 aliphatic carbocycles. The van der Waals surface area contributed by atoms with E-state index < -0.39 is 24.0 Å². The van der Waals surface area contributed by atoms with Crippen molar-refractivity contribution in [3.05, 3.63) is 21.4 Å². The number of rotatable bonds is 4. The first kappa shape index (κ1) is 21.8. The number of nitrogens with one attached hydrogen (secondary N) is 3. The predicted molar refractivity (Wildman–Crippen MR) is 116 cm³/mol. The van der Waals surface area contributed by atoms with Gasteiger partial charge in [-0.25, -0.2) is 4.79 Å². The third kappa shape index (κ3) is 4.20. The van der Waals surface area contributed by atoms with Gasteiger partial charge < -0.3 is 5.32 Å². The van der Waals surface area contributed by atoms with Crippen LogP contribution in [0.4, 0.5) is 4.79 Å². The van der Waals surface area contributed by atoms with Crippen LogP contribution in [0.25, 0.3) is 0 Å². The quantitative estimate of drug-likeness (QED) is 0.487. The van der Waals surface area contributed by atoms with Crippen LogP contribution < -0.4 is 16.2 Å². The zero-order chi connectivity index (χ0) is 22.6. The Hall–Kier alpha value is -2.42. The molecule has 3 aliphatic rings. The monoisotopic (exact) mass is 446 g/mol. The lowest BCUT2D eigenvalue weighted by Gasteiger charge is -2.33. The molecule has 3 N–H and O–H groups in total. The Kier molecular flexibility index (Phi) is 5.36. The van der Waals surface area contributed by atoms with Crippen LogP contribution in [0.15, 0.2) is 6.07 Å². The van der Waals surface area contributed by atoms with Gasteiger partial charge >= 0.3 is 6.03 Å². The summed E-state index contributed by atoms with van der Waals surface area (Å²) in [7, 11) is 0. The standard InChI is InChI=1S/C22H30N4O4S/c1-21(2,3)14-7-8-15-12(9-14)10-16(31-15)18(28)25-24-17(27)11-26-19(29)22(4,13-5-6-13)23-20(26)30/h10,13-14H,5-9,11H2,1-4H3,(H,23,30)(H,24,27)(H,25,28)/t14-,22+/m0/s1. The first-order chi connectivity index (χ1) is 14.5. The molecule has 1 aromatic rings. The summed E-state index contributed by atoms with van der Waals surface area (Å²) in [5.74, 6) is -0.693. The maximum absolute atomic E-state index is 12.6. The molecule has 0 radical (unpaired) electrons. The van der Waals surface area contributed by atoms with E-state index in [0.29, 0.717) is 10.8 Å². The summed E-state index contributed by atoms with van der Waals surface area (Å²) in [6.07, 6.45) is 4.81. The summed E-state index contributed by atoms with van der Waals surface area (Å²) in [4.78, 5) is 52.3. The number of hydrazine groups is 1. The zero-order valence-corrected chi connectivity index (χ0v) is 19.3. The van der Waals surface area contributed by atoms with Gasteiger partial charge in [-0.3, -0.25) is 30.1 Å². The highest BCUT2D eigenvalue weighted by molar-refractivity contribution is 7.14. The average molecular weight is 447 g/mol. The molecule has 1 aromatic heterocycles. The summed E-state index contributed by atoms with van der Waals surface area (Å²) in [5, 5.41) is 2.70. The third-order valence-electron chi connectivity index (χ3n) is 6.84. The molecule has 8 nitrogen and oxygen atoms in total. The van der Waals surface area contributed by atoms with Crippen molar-refractivity contribution in [2.75, 3.05) is 6.54 Å². The lowest BCUT2D eigenvalue weighted by Crippen LogP contribution is -2.49. The molecule has 2 atom stereocenters. The summed E-state index contributed by atoms with van der Waals surface area (Å²) in [6.45, 7) is 8.01. The fourth-order valence-electron chi connectivity index (χ4n) is 4.54. The Balaban J connectivity index is 1.31. The molecule has 168 valence electrons. The van der Waals surface area contributed by atoms with Crippen LogP contribution in [0, 0.1) is 17.3 Å². The van der Waals surface area contributed by atoms with Crippen molar-refractivity contribution in [1.82, 2.24) is 21.1 Å². The number of nitrogens with zero attached hydrogens (tertiary/aromatic N) is 1. The Bertz CT molecular complexity index is 946. The van der Waals surface area contributed by atoms with E-state index in [-0.39, 0.29) is 23.1 Å². The van der Waals surface area contributed by atoms with Gasteiger partial charge in [-0.15, -0.1) is 11.3 Å². The molecule has 0 bridgehead atoms.